The molecule has 1 aromatic carbocycles. The number of anilines is 2. The summed E-state index contributed by atoms with van der Waals surface area (Å²) in [5.41, 5.74) is 7.72. The van der Waals surface area contributed by atoms with E-state index in [0.29, 0.717) is 5.69 Å². The molecule has 0 atom stereocenters. The highest BCUT2D eigenvalue weighted by molar-refractivity contribution is 6.03. The number of rotatable bonds is 3. The molecule has 3 nitrogen and oxygen atoms in total. The normalized spacial score (nSPS) is 11.2. The molecule has 15 heavy (non-hydrogen) atoms. The minimum Gasteiger partial charge on any atom is -0.399 e. The summed E-state index contributed by atoms with van der Waals surface area (Å²) < 4.78 is 0. The van der Waals surface area contributed by atoms with Crippen molar-refractivity contribution in [3.05, 3.63) is 35.9 Å². The maximum atomic E-state index is 11.6. The van der Waals surface area contributed by atoms with E-state index in [1.54, 1.807) is 31.2 Å². The highest BCUT2D eigenvalue weighted by Crippen LogP contribution is 2.11. The zero-order chi connectivity index (χ0) is 11.3. The summed E-state index contributed by atoms with van der Waals surface area (Å²) in [6, 6.07) is 7.09. The molecular formula is C12H16N2O. The van der Waals surface area contributed by atoms with E-state index in [4.69, 9.17) is 5.73 Å². The monoisotopic (exact) mass is 204 g/mol. The van der Waals surface area contributed by atoms with Gasteiger partial charge in [-0.15, -0.1) is 0 Å². The Morgan fingerprint density at radius 3 is 2.53 bits per heavy atom. The average Bonchev–Trinajstić information content (AvgIpc) is 2.22. The molecule has 0 aliphatic carbocycles. The molecule has 0 saturated heterocycles. The van der Waals surface area contributed by atoms with Crippen molar-refractivity contribution in [1.29, 1.82) is 0 Å². The van der Waals surface area contributed by atoms with Gasteiger partial charge in [-0.3, -0.25) is 4.79 Å². The van der Waals surface area contributed by atoms with Gasteiger partial charge in [0.2, 0.25) is 0 Å². The molecule has 3 N–H and O–H groups in total. The molecule has 0 spiro atoms. The first-order chi connectivity index (χ1) is 7.13. The summed E-state index contributed by atoms with van der Waals surface area (Å²) in [6.07, 6.45) is 2.76. The van der Waals surface area contributed by atoms with Crippen molar-refractivity contribution in [3.8, 4) is 0 Å². The van der Waals surface area contributed by atoms with E-state index in [-0.39, 0.29) is 5.91 Å². The third-order valence-electron chi connectivity index (χ3n) is 2.04. The lowest BCUT2D eigenvalue weighted by Crippen LogP contribution is -2.12. The van der Waals surface area contributed by atoms with Gasteiger partial charge < -0.3 is 11.1 Å². The largest absolute Gasteiger partial charge is 0.399 e. The second-order valence-electron chi connectivity index (χ2n) is 3.37. The van der Waals surface area contributed by atoms with E-state index < -0.39 is 0 Å². The van der Waals surface area contributed by atoms with Gasteiger partial charge in [-0.2, -0.15) is 0 Å². The van der Waals surface area contributed by atoms with Crippen molar-refractivity contribution in [2.45, 2.75) is 20.3 Å². The van der Waals surface area contributed by atoms with Crippen LogP contribution in [0.2, 0.25) is 0 Å². The standard InChI is InChI=1S/C12H16N2O/c1-3-4-9(2)12(15)14-11-7-5-10(13)6-8-11/h4-8H,3,13H2,1-2H3,(H,14,15). The zero-order valence-corrected chi connectivity index (χ0v) is 9.08. The fourth-order valence-electron chi connectivity index (χ4n) is 1.20. The Morgan fingerprint density at radius 1 is 1.40 bits per heavy atom. The summed E-state index contributed by atoms with van der Waals surface area (Å²) in [5, 5.41) is 2.79. The summed E-state index contributed by atoms with van der Waals surface area (Å²) in [5.74, 6) is -0.0679. The fourth-order valence-corrected chi connectivity index (χ4v) is 1.20. The van der Waals surface area contributed by atoms with Gasteiger partial charge in [-0.05, 0) is 37.6 Å². The number of allylic oxidation sites excluding steroid dienone is 1. The van der Waals surface area contributed by atoms with Gasteiger partial charge in [0.15, 0.2) is 0 Å². The number of hydrogen-bond acceptors (Lipinski definition) is 2. The van der Waals surface area contributed by atoms with Gasteiger partial charge in [-0.1, -0.05) is 13.0 Å². The molecule has 0 heterocycles. The van der Waals surface area contributed by atoms with Crippen molar-refractivity contribution < 1.29 is 4.79 Å². The van der Waals surface area contributed by atoms with Crippen molar-refractivity contribution in [1.82, 2.24) is 0 Å². The number of carbonyl (C=O) groups is 1. The van der Waals surface area contributed by atoms with Crippen LogP contribution < -0.4 is 11.1 Å². The average molecular weight is 204 g/mol. The molecule has 0 aliphatic rings. The zero-order valence-electron chi connectivity index (χ0n) is 9.08. The fraction of sp³-hybridized carbons (Fsp3) is 0.250. The second kappa shape index (κ2) is 5.20. The first kappa shape index (κ1) is 11.3. The number of carbonyl (C=O) groups excluding carboxylic acids is 1. The van der Waals surface area contributed by atoms with Crippen LogP contribution in [0.25, 0.3) is 0 Å². The van der Waals surface area contributed by atoms with E-state index in [0.717, 1.165) is 17.7 Å². The Balaban J connectivity index is 2.66. The molecule has 0 bridgehead atoms. The van der Waals surface area contributed by atoms with E-state index in [1.165, 1.54) is 0 Å². The predicted molar refractivity (Wildman–Crippen MR) is 63.5 cm³/mol. The van der Waals surface area contributed by atoms with E-state index in [1.807, 2.05) is 13.0 Å². The van der Waals surface area contributed by atoms with Gasteiger partial charge in [0.25, 0.3) is 5.91 Å². The Morgan fingerprint density at radius 2 is 2.00 bits per heavy atom. The topological polar surface area (TPSA) is 55.1 Å². The molecule has 3 heteroatoms. The summed E-state index contributed by atoms with van der Waals surface area (Å²) >= 11 is 0. The van der Waals surface area contributed by atoms with Crippen molar-refractivity contribution >= 4 is 17.3 Å². The van der Waals surface area contributed by atoms with Gasteiger partial charge in [0.1, 0.15) is 0 Å². The minimum atomic E-state index is -0.0679. The molecule has 1 rings (SSSR count). The maximum Gasteiger partial charge on any atom is 0.250 e. The molecule has 0 unspecified atom stereocenters. The van der Waals surface area contributed by atoms with E-state index in [2.05, 4.69) is 5.32 Å². The van der Waals surface area contributed by atoms with Gasteiger partial charge in [0.05, 0.1) is 0 Å². The Hall–Kier alpha value is -1.77. The SMILES string of the molecule is CCC=C(C)C(=O)Nc1ccc(N)cc1. The summed E-state index contributed by atoms with van der Waals surface area (Å²) in [4.78, 5) is 11.6. The third-order valence-corrected chi connectivity index (χ3v) is 2.04. The molecule has 80 valence electrons. The molecule has 0 fully saturated rings. The van der Waals surface area contributed by atoms with E-state index in [9.17, 15) is 4.79 Å². The first-order valence-corrected chi connectivity index (χ1v) is 4.97. The highest BCUT2D eigenvalue weighted by atomic mass is 16.1. The molecule has 0 saturated carbocycles. The molecule has 1 aromatic rings. The van der Waals surface area contributed by atoms with Crippen LogP contribution in [-0.4, -0.2) is 5.91 Å². The molecule has 0 aliphatic heterocycles. The van der Waals surface area contributed by atoms with Crippen LogP contribution in [-0.2, 0) is 4.79 Å². The third kappa shape index (κ3) is 3.46. The number of nitrogens with two attached hydrogens (primary N) is 1. The number of hydrogen-bond donors (Lipinski definition) is 2. The van der Waals surface area contributed by atoms with E-state index >= 15 is 0 Å². The van der Waals surface area contributed by atoms with Gasteiger partial charge in [-0.25, -0.2) is 0 Å². The molecule has 1 amide bonds. The van der Waals surface area contributed by atoms with Crippen LogP contribution in [0.1, 0.15) is 20.3 Å². The number of amides is 1. The van der Waals surface area contributed by atoms with Crippen molar-refractivity contribution in [3.63, 3.8) is 0 Å². The highest BCUT2D eigenvalue weighted by Gasteiger charge is 2.03. The van der Waals surface area contributed by atoms with Crippen LogP contribution in [0.3, 0.4) is 0 Å². The first-order valence-electron chi connectivity index (χ1n) is 4.97. The number of nitrogens with one attached hydrogen (secondary N) is 1. The lowest BCUT2D eigenvalue weighted by atomic mass is 10.2. The number of benzene rings is 1. The van der Waals surface area contributed by atoms with Crippen LogP contribution in [0.4, 0.5) is 11.4 Å². The summed E-state index contributed by atoms with van der Waals surface area (Å²) in [7, 11) is 0. The minimum absolute atomic E-state index is 0.0679. The molecule has 0 radical (unpaired) electrons. The molecular weight excluding hydrogens is 188 g/mol. The predicted octanol–water partition coefficient (Wildman–Crippen LogP) is 2.56. The van der Waals surface area contributed by atoms with Crippen LogP contribution >= 0.6 is 0 Å². The quantitative estimate of drug-likeness (QED) is 0.587. The number of nitrogen functional groups attached to an aromatic ring is 1. The summed E-state index contributed by atoms with van der Waals surface area (Å²) in [6.45, 7) is 3.80. The Bertz CT molecular complexity index is 366. The van der Waals surface area contributed by atoms with Crippen LogP contribution in [0.15, 0.2) is 35.9 Å². The molecule has 0 aromatic heterocycles. The second-order valence-corrected chi connectivity index (χ2v) is 3.37. The van der Waals surface area contributed by atoms with Gasteiger partial charge in [0, 0.05) is 16.9 Å². The van der Waals surface area contributed by atoms with Crippen molar-refractivity contribution in [2.75, 3.05) is 11.1 Å². The van der Waals surface area contributed by atoms with Crippen molar-refractivity contribution in [2.24, 2.45) is 0 Å². The maximum absolute atomic E-state index is 11.6. The smallest absolute Gasteiger partial charge is 0.250 e. The van der Waals surface area contributed by atoms with Crippen LogP contribution in [0, 0.1) is 0 Å². The van der Waals surface area contributed by atoms with Crippen LogP contribution in [0.5, 0.6) is 0 Å². The Kier molecular flexibility index (Phi) is 3.92. The lowest BCUT2D eigenvalue weighted by molar-refractivity contribution is -0.112. The Labute approximate surface area is 90.0 Å². The lowest BCUT2D eigenvalue weighted by Gasteiger charge is -2.05. The van der Waals surface area contributed by atoms with Gasteiger partial charge >= 0.3 is 0 Å².